The predicted molar refractivity (Wildman–Crippen MR) is 92.5 cm³/mol. The summed E-state index contributed by atoms with van der Waals surface area (Å²) in [4.78, 5) is 23.2. The first kappa shape index (κ1) is 20.7. The Bertz CT molecular complexity index is 453. The molecule has 1 aromatic carbocycles. The largest absolute Gasteiger partial charge is 0.347 e. The fraction of sp³-hybridized carbons (Fsp3) is 0.467. The van der Waals surface area contributed by atoms with Crippen molar-refractivity contribution >= 4 is 41.5 Å². The zero-order chi connectivity index (χ0) is 15.5. The van der Waals surface area contributed by atoms with Gasteiger partial charge in [0, 0.05) is 17.1 Å². The van der Waals surface area contributed by atoms with E-state index in [1.807, 2.05) is 0 Å². The van der Waals surface area contributed by atoms with Crippen molar-refractivity contribution in [3.05, 3.63) is 29.3 Å². The van der Waals surface area contributed by atoms with Gasteiger partial charge < -0.3 is 16.4 Å². The van der Waals surface area contributed by atoms with Crippen LogP contribution in [0.4, 0.5) is 5.69 Å². The Hall–Kier alpha value is -1.30. The monoisotopic (exact) mass is 347 g/mol. The van der Waals surface area contributed by atoms with Crippen molar-refractivity contribution in [3.63, 3.8) is 0 Å². The van der Waals surface area contributed by atoms with Gasteiger partial charge in [0.05, 0.1) is 6.54 Å². The first-order valence-electron chi connectivity index (χ1n) is 7.14. The number of hydrogen-bond donors (Lipinski definition) is 3. The van der Waals surface area contributed by atoms with Crippen LogP contribution in [0, 0.1) is 0 Å². The first-order valence-corrected chi connectivity index (χ1v) is 7.52. The van der Waals surface area contributed by atoms with Crippen molar-refractivity contribution in [3.8, 4) is 0 Å². The molecule has 7 heteroatoms. The Morgan fingerprint density at radius 2 is 1.64 bits per heavy atom. The SMILES string of the molecule is Cl.NCCCCCCC(=O)NCC(=O)Nc1ccc(Cl)cc1. The molecule has 0 bridgehead atoms. The maximum atomic E-state index is 11.6. The lowest BCUT2D eigenvalue weighted by molar-refractivity contribution is -0.124. The third-order valence-corrected chi connectivity index (χ3v) is 3.18. The maximum Gasteiger partial charge on any atom is 0.243 e. The highest BCUT2D eigenvalue weighted by molar-refractivity contribution is 6.30. The van der Waals surface area contributed by atoms with E-state index in [0.717, 1.165) is 25.7 Å². The van der Waals surface area contributed by atoms with Gasteiger partial charge in [-0.1, -0.05) is 24.4 Å². The number of anilines is 1. The summed E-state index contributed by atoms with van der Waals surface area (Å²) in [5.41, 5.74) is 6.05. The maximum absolute atomic E-state index is 11.6. The van der Waals surface area contributed by atoms with Crippen LogP contribution in [-0.2, 0) is 9.59 Å². The summed E-state index contributed by atoms with van der Waals surface area (Å²) >= 11 is 5.75. The molecule has 0 fully saturated rings. The van der Waals surface area contributed by atoms with E-state index in [9.17, 15) is 9.59 Å². The van der Waals surface area contributed by atoms with Gasteiger partial charge in [-0.2, -0.15) is 0 Å². The minimum absolute atomic E-state index is 0. The molecule has 22 heavy (non-hydrogen) atoms. The molecular weight excluding hydrogens is 325 g/mol. The summed E-state index contributed by atoms with van der Waals surface area (Å²) in [6, 6.07) is 6.80. The molecule has 0 unspecified atom stereocenters. The third kappa shape index (κ3) is 9.60. The van der Waals surface area contributed by atoms with Gasteiger partial charge in [-0.05, 0) is 43.7 Å². The summed E-state index contributed by atoms with van der Waals surface area (Å²) in [6.07, 6.45) is 4.29. The van der Waals surface area contributed by atoms with Crippen LogP contribution in [-0.4, -0.2) is 24.9 Å². The van der Waals surface area contributed by atoms with Gasteiger partial charge in [0.15, 0.2) is 0 Å². The summed E-state index contributed by atoms with van der Waals surface area (Å²) < 4.78 is 0. The number of unbranched alkanes of at least 4 members (excludes halogenated alkanes) is 3. The minimum atomic E-state index is -0.256. The summed E-state index contributed by atoms with van der Waals surface area (Å²) in [5.74, 6) is -0.359. The highest BCUT2D eigenvalue weighted by Gasteiger charge is 2.05. The average molecular weight is 348 g/mol. The Balaban J connectivity index is 0.00000441. The molecule has 0 aliphatic heterocycles. The van der Waals surface area contributed by atoms with Crippen molar-refractivity contribution in [1.29, 1.82) is 0 Å². The van der Waals surface area contributed by atoms with E-state index in [4.69, 9.17) is 17.3 Å². The van der Waals surface area contributed by atoms with E-state index in [1.165, 1.54) is 0 Å². The molecule has 0 spiro atoms. The standard InChI is InChI=1S/C15H22ClN3O2.ClH/c16-12-6-8-13(9-7-12)19-15(21)11-18-14(20)5-3-1-2-4-10-17;/h6-9H,1-5,10-11,17H2,(H,18,20)(H,19,21);1H. The molecule has 0 radical (unpaired) electrons. The second kappa shape index (κ2) is 12.3. The van der Waals surface area contributed by atoms with Gasteiger partial charge >= 0.3 is 0 Å². The molecule has 0 saturated carbocycles. The number of amides is 2. The van der Waals surface area contributed by atoms with E-state index in [0.29, 0.717) is 23.7 Å². The van der Waals surface area contributed by atoms with Gasteiger partial charge in [0.2, 0.25) is 11.8 Å². The van der Waals surface area contributed by atoms with Crippen molar-refractivity contribution in [1.82, 2.24) is 5.32 Å². The predicted octanol–water partition coefficient (Wildman–Crippen LogP) is 2.73. The number of carbonyl (C=O) groups is 2. The van der Waals surface area contributed by atoms with Crippen LogP contribution >= 0.6 is 24.0 Å². The Labute approximate surface area is 142 Å². The van der Waals surface area contributed by atoms with Gasteiger partial charge in [0.25, 0.3) is 0 Å². The second-order valence-corrected chi connectivity index (χ2v) is 5.22. The average Bonchev–Trinajstić information content (AvgIpc) is 2.47. The molecule has 5 nitrogen and oxygen atoms in total. The molecule has 2 amide bonds. The van der Waals surface area contributed by atoms with E-state index in [2.05, 4.69) is 10.6 Å². The number of nitrogens with two attached hydrogens (primary N) is 1. The summed E-state index contributed by atoms with van der Waals surface area (Å²) in [7, 11) is 0. The number of halogens is 2. The smallest absolute Gasteiger partial charge is 0.243 e. The Morgan fingerprint density at radius 1 is 1.00 bits per heavy atom. The number of benzene rings is 1. The third-order valence-electron chi connectivity index (χ3n) is 2.93. The lowest BCUT2D eigenvalue weighted by Crippen LogP contribution is -2.32. The molecule has 124 valence electrons. The molecular formula is C15H23Cl2N3O2. The molecule has 0 saturated heterocycles. The topological polar surface area (TPSA) is 84.2 Å². The van der Waals surface area contributed by atoms with Crippen molar-refractivity contribution in [2.45, 2.75) is 32.1 Å². The van der Waals surface area contributed by atoms with Crippen LogP contribution in [0.15, 0.2) is 24.3 Å². The van der Waals surface area contributed by atoms with Gasteiger partial charge in [-0.15, -0.1) is 12.4 Å². The fourth-order valence-corrected chi connectivity index (χ4v) is 1.92. The molecule has 1 rings (SSSR count). The van der Waals surface area contributed by atoms with Crippen molar-refractivity contribution in [2.75, 3.05) is 18.4 Å². The minimum Gasteiger partial charge on any atom is -0.347 e. The zero-order valence-electron chi connectivity index (χ0n) is 12.4. The van der Waals surface area contributed by atoms with Crippen LogP contribution in [0.25, 0.3) is 0 Å². The quantitative estimate of drug-likeness (QED) is 0.600. The highest BCUT2D eigenvalue weighted by Crippen LogP contribution is 2.12. The fourth-order valence-electron chi connectivity index (χ4n) is 1.79. The molecule has 1 aromatic rings. The number of carbonyl (C=O) groups excluding carboxylic acids is 2. The molecule has 0 atom stereocenters. The number of hydrogen-bond acceptors (Lipinski definition) is 3. The van der Waals surface area contributed by atoms with Crippen molar-refractivity contribution in [2.24, 2.45) is 5.73 Å². The molecule has 0 aliphatic rings. The number of rotatable bonds is 9. The van der Waals surface area contributed by atoms with Crippen LogP contribution < -0.4 is 16.4 Å². The van der Waals surface area contributed by atoms with Crippen LogP contribution in [0.2, 0.25) is 5.02 Å². The Kier molecular flexibility index (Phi) is 11.5. The molecule has 0 aromatic heterocycles. The van der Waals surface area contributed by atoms with Gasteiger partial charge in [-0.3, -0.25) is 9.59 Å². The number of nitrogens with one attached hydrogen (secondary N) is 2. The van der Waals surface area contributed by atoms with E-state index in [1.54, 1.807) is 24.3 Å². The Morgan fingerprint density at radius 3 is 2.27 bits per heavy atom. The van der Waals surface area contributed by atoms with Crippen LogP contribution in [0.3, 0.4) is 0 Å². The summed E-state index contributed by atoms with van der Waals surface area (Å²) in [6.45, 7) is 0.668. The first-order chi connectivity index (χ1) is 10.1. The van der Waals surface area contributed by atoms with Crippen LogP contribution in [0.5, 0.6) is 0 Å². The zero-order valence-corrected chi connectivity index (χ0v) is 14.0. The van der Waals surface area contributed by atoms with E-state index < -0.39 is 0 Å². The van der Waals surface area contributed by atoms with E-state index >= 15 is 0 Å². The normalized spacial score (nSPS) is 9.73. The van der Waals surface area contributed by atoms with Gasteiger partial charge in [0.1, 0.15) is 0 Å². The molecule has 0 heterocycles. The lowest BCUT2D eigenvalue weighted by Gasteiger charge is -2.07. The molecule has 0 aliphatic carbocycles. The van der Waals surface area contributed by atoms with Crippen molar-refractivity contribution < 1.29 is 9.59 Å². The highest BCUT2D eigenvalue weighted by atomic mass is 35.5. The van der Waals surface area contributed by atoms with Crippen LogP contribution in [0.1, 0.15) is 32.1 Å². The van der Waals surface area contributed by atoms with E-state index in [-0.39, 0.29) is 30.8 Å². The molecule has 4 N–H and O–H groups in total. The second-order valence-electron chi connectivity index (χ2n) is 4.78. The lowest BCUT2D eigenvalue weighted by atomic mass is 10.1. The van der Waals surface area contributed by atoms with Gasteiger partial charge in [-0.25, -0.2) is 0 Å². The summed E-state index contributed by atoms with van der Waals surface area (Å²) in [5, 5.41) is 5.89.